The zero-order chi connectivity index (χ0) is 11.1. The summed E-state index contributed by atoms with van der Waals surface area (Å²) in [5, 5.41) is 1.69. The molecule has 2 aliphatic rings. The summed E-state index contributed by atoms with van der Waals surface area (Å²) in [6.07, 6.45) is 10.9. The van der Waals surface area contributed by atoms with Crippen molar-refractivity contribution in [3.63, 3.8) is 0 Å². The Hall–Kier alpha value is -2.22. The molecule has 0 unspecified atom stereocenters. The number of fused-ring (bicyclic) bond motifs is 2. The molecular formula is C14H7O2. The summed E-state index contributed by atoms with van der Waals surface area (Å²) in [6, 6.07) is 3.79. The minimum Gasteiger partial charge on any atom is -0.290 e. The third-order valence-electron chi connectivity index (χ3n) is 2.65. The molecule has 0 spiro atoms. The molecule has 2 aliphatic carbocycles. The molecule has 0 saturated heterocycles. The molecule has 0 atom stereocenters. The highest BCUT2D eigenvalue weighted by Crippen LogP contribution is 2.05. The second-order valence-electron chi connectivity index (χ2n) is 3.77. The first-order valence-corrected chi connectivity index (χ1v) is 4.96. The maximum Gasteiger partial charge on any atom is 0.187 e. The summed E-state index contributed by atoms with van der Waals surface area (Å²) in [6.45, 7) is 0. The molecule has 0 aliphatic heterocycles. The number of hydrogen-bond donors (Lipinski definition) is 0. The number of allylic oxidation sites excluding steroid dienone is 2. The lowest BCUT2D eigenvalue weighted by Gasteiger charge is -2.06. The zero-order valence-electron chi connectivity index (χ0n) is 8.36. The van der Waals surface area contributed by atoms with Crippen LogP contribution in [0.4, 0.5) is 0 Å². The van der Waals surface area contributed by atoms with Crippen LogP contribution in [0.2, 0.25) is 0 Å². The standard InChI is InChI=1S/C14H7O2/c15-13-3-1-9-5-12-8-14(16)4-2-10(12)6-11(9)7-13/h1-7H. The Labute approximate surface area is 91.9 Å². The van der Waals surface area contributed by atoms with Crippen molar-refractivity contribution >= 4 is 35.9 Å². The molecule has 0 aromatic heterocycles. The third-order valence-corrected chi connectivity index (χ3v) is 2.65. The fourth-order valence-corrected chi connectivity index (χ4v) is 1.88. The molecule has 1 radical (unpaired) electrons. The van der Waals surface area contributed by atoms with Gasteiger partial charge in [0.25, 0.3) is 0 Å². The molecule has 0 heterocycles. The molecule has 75 valence electrons. The van der Waals surface area contributed by atoms with Crippen LogP contribution in [0.15, 0.2) is 24.3 Å². The largest absolute Gasteiger partial charge is 0.290 e. The first-order valence-electron chi connectivity index (χ1n) is 4.96. The predicted octanol–water partition coefficient (Wildman–Crippen LogP) is 0.316. The molecule has 0 fully saturated rings. The van der Waals surface area contributed by atoms with E-state index in [1.165, 1.54) is 12.2 Å². The van der Waals surface area contributed by atoms with Crippen molar-refractivity contribution in [1.82, 2.24) is 0 Å². The molecule has 0 amide bonds. The zero-order valence-corrected chi connectivity index (χ0v) is 8.36. The van der Waals surface area contributed by atoms with Crippen molar-refractivity contribution in [3.05, 3.63) is 45.8 Å². The molecule has 0 N–H and O–H groups in total. The van der Waals surface area contributed by atoms with Crippen molar-refractivity contribution in [2.75, 3.05) is 0 Å². The quantitative estimate of drug-likeness (QED) is 0.614. The first kappa shape index (κ1) is 9.04. The minimum absolute atomic E-state index is 0.00345. The van der Waals surface area contributed by atoms with Crippen LogP contribution >= 0.6 is 0 Å². The Bertz CT molecular complexity index is 626. The van der Waals surface area contributed by atoms with E-state index in [4.69, 9.17) is 0 Å². The number of rotatable bonds is 0. The van der Waals surface area contributed by atoms with E-state index in [9.17, 15) is 9.59 Å². The van der Waals surface area contributed by atoms with Gasteiger partial charge in [-0.15, -0.1) is 0 Å². The van der Waals surface area contributed by atoms with Gasteiger partial charge >= 0.3 is 0 Å². The minimum atomic E-state index is -0.118. The van der Waals surface area contributed by atoms with Gasteiger partial charge in [-0.05, 0) is 51.9 Å². The summed E-state index contributed by atoms with van der Waals surface area (Å²) in [4.78, 5) is 22.4. The van der Waals surface area contributed by atoms with E-state index in [1.807, 2.05) is 12.1 Å². The van der Waals surface area contributed by atoms with Crippen LogP contribution in [-0.4, -0.2) is 11.6 Å². The number of benzene rings is 1. The summed E-state index contributed by atoms with van der Waals surface area (Å²) >= 11 is 0. The lowest BCUT2D eigenvalue weighted by molar-refractivity contribution is -0.110. The molecule has 3 rings (SSSR count). The smallest absolute Gasteiger partial charge is 0.187 e. The lowest BCUT2D eigenvalue weighted by atomic mass is 9.97. The maximum absolute atomic E-state index is 11.2. The van der Waals surface area contributed by atoms with Crippen LogP contribution in [0, 0.1) is 0 Å². The number of carbonyl (C=O) groups is 2. The van der Waals surface area contributed by atoms with E-state index in [1.54, 1.807) is 18.2 Å². The van der Waals surface area contributed by atoms with E-state index in [-0.39, 0.29) is 11.6 Å². The van der Waals surface area contributed by atoms with Gasteiger partial charge in [-0.1, -0.05) is 12.2 Å². The molecule has 1 aromatic rings. The fourth-order valence-electron chi connectivity index (χ4n) is 1.88. The van der Waals surface area contributed by atoms with Crippen molar-refractivity contribution in [3.8, 4) is 0 Å². The summed E-state index contributed by atoms with van der Waals surface area (Å²) in [5.41, 5.74) is 1.88. The first-order chi connectivity index (χ1) is 7.72. The Balaban J connectivity index is 2.38. The van der Waals surface area contributed by atoms with Gasteiger partial charge in [0, 0.05) is 6.08 Å². The summed E-state index contributed by atoms with van der Waals surface area (Å²) < 4.78 is 0. The van der Waals surface area contributed by atoms with Crippen molar-refractivity contribution in [2.45, 2.75) is 0 Å². The van der Waals surface area contributed by atoms with Crippen LogP contribution < -0.4 is 10.4 Å². The van der Waals surface area contributed by atoms with Crippen molar-refractivity contribution < 1.29 is 9.59 Å². The van der Waals surface area contributed by atoms with Crippen LogP contribution in [-0.2, 0) is 9.59 Å². The van der Waals surface area contributed by atoms with Gasteiger partial charge in [0.1, 0.15) is 0 Å². The van der Waals surface area contributed by atoms with Crippen LogP contribution in [0.5, 0.6) is 0 Å². The monoisotopic (exact) mass is 207 g/mol. The van der Waals surface area contributed by atoms with Gasteiger partial charge in [0.15, 0.2) is 11.6 Å². The van der Waals surface area contributed by atoms with E-state index >= 15 is 0 Å². The predicted molar refractivity (Wildman–Crippen MR) is 61.6 cm³/mol. The summed E-state index contributed by atoms with van der Waals surface area (Å²) in [5.74, 6) is -0.122. The van der Waals surface area contributed by atoms with Crippen molar-refractivity contribution in [1.29, 1.82) is 0 Å². The molecular weight excluding hydrogens is 200 g/mol. The van der Waals surface area contributed by atoms with Crippen LogP contribution in [0.3, 0.4) is 0 Å². The van der Waals surface area contributed by atoms with Gasteiger partial charge in [-0.3, -0.25) is 9.59 Å². The van der Waals surface area contributed by atoms with Gasteiger partial charge in [0.05, 0.1) is 0 Å². The van der Waals surface area contributed by atoms with Crippen LogP contribution in [0.1, 0.15) is 11.1 Å². The Kier molecular flexibility index (Phi) is 1.77. The molecule has 16 heavy (non-hydrogen) atoms. The normalized spacial score (nSPS) is 16.2. The second-order valence-corrected chi connectivity index (χ2v) is 3.77. The van der Waals surface area contributed by atoms with Crippen LogP contribution in [0.25, 0.3) is 24.3 Å². The van der Waals surface area contributed by atoms with E-state index in [2.05, 4.69) is 6.08 Å². The maximum atomic E-state index is 11.2. The van der Waals surface area contributed by atoms with Gasteiger partial charge in [0.2, 0.25) is 0 Å². The van der Waals surface area contributed by atoms with E-state index in [0.29, 0.717) is 0 Å². The molecule has 0 bridgehead atoms. The Morgan fingerprint density at radius 1 is 0.875 bits per heavy atom. The highest BCUT2D eigenvalue weighted by Gasteiger charge is 2.07. The summed E-state index contributed by atoms with van der Waals surface area (Å²) in [7, 11) is 0. The van der Waals surface area contributed by atoms with Gasteiger partial charge in [-0.25, -0.2) is 0 Å². The second kappa shape index (κ2) is 3.14. The topological polar surface area (TPSA) is 34.1 Å². The Morgan fingerprint density at radius 2 is 1.69 bits per heavy atom. The molecule has 2 nitrogen and oxygen atoms in total. The average Bonchev–Trinajstić information content (AvgIpc) is 2.26. The number of carbonyl (C=O) groups excluding carboxylic acids is 2. The van der Waals surface area contributed by atoms with E-state index in [0.717, 1.165) is 21.6 Å². The molecule has 0 saturated carbocycles. The average molecular weight is 207 g/mol. The fraction of sp³-hybridized carbons (Fsp3) is 0. The molecule has 1 aromatic carbocycles. The Morgan fingerprint density at radius 3 is 2.56 bits per heavy atom. The van der Waals surface area contributed by atoms with Crippen molar-refractivity contribution in [2.24, 2.45) is 0 Å². The molecule has 2 heteroatoms. The SMILES string of the molecule is O=C1[C]=c2cc3c(cc2C=C1)=CC(=O)C=C3. The number of hydrogen-bond acceptors (Lipinski definition) is 2. The third kappa shape index (κ3) is 1.36. The van der Waals surface area contributed by atoms with Gasteiger partial charge < -0.3 is 0 Å². The van der Waals surface area contributed by atoms with E-state index < -0.39 is 0 Å². The highest BCUT2D eigenvalue weighted by molar-refractivity contribution is 6.18. The highest BCUT2D eigenvalue weighted by atomic mass is 16.1. The van der Waals surface area contributed by atoms with Gasteiger partial charge in [-0.2, -0.15) is 0 Å². The lowest BCUT2D eigenvalue weighted by Crippen LogP contribution is -2.21. The number of ketones is 2.